The first-order valence-electron chi connectivity index (χ1n) is 7.09. The molecule has 106 valence electrons. The van der Waals surface area contributed by atoms with Crippen LogP contribution >= 0.6 is 0 Å². The van der Waals surface area contributed by atoms with Crippen LogP contribution < -0.4 is 10.6 Å². The Hall–Kier alpha value is -1.84. The number of hydrogen-bond donors (Lipinski definition) is 2. The van der Waals surface area contributed by atoms with Crippen LogP contribution in [0.4, 0.5) is 11.8 Å². The molecule has 2 N–H and O–H groups in total. The van der Waals surface area contributed by atoms with Gasteiger partial charge in [0.05, 0.1) is 5.52 Å². The normalized spacial score (nSPS) is 19.9. The molecule has 0 radical (unpaired) electrons. The summed E-state index contributed by atoms with van der Waals surface area (Å²) in [5.41, 5.74) is 1.52. The van der Waals surface area contributed by atoms with Gasteiger partial charge in [-0.3, -0.25) is 0 Å². The minimum absolute atomic E-state index is 0.277. The molecule has 0 unspecified atom stereocenters. The number of rotatable bonds is 3. The highest BCUT2D eigenvalue weighted by Gasteiger charge is 2.65. The molecule has 1 aliphatic rings. The maximum atomic E-state index is 4.60. The molecule has 4 heteroatoms. The predicted octanol–water partition coefficient (Wildman–Crippen LogP) is 3.52. The van der Waals surface area contributed by atoms with Crippen molar-refractivity contribution in [3.8, 4) is 0 Å². The number of nitrogens with one attached hydrogen (secondary N) is 2. The lowest BCUT2D eigenvalue weighted by molar-refractivity contribution is 0.457. The fraction of sp³-hybridized carbons (Fsp3) is 0.500. The van der Waals surface area contributed by atoms with E-state index in [-0.39, 0.29) is 10.8 Å². The summed E-state index contributed by atoms with van der Waals surface area (Å²) in [7, 11) is 1.85. The predicted molar refractivity (Wildman–Crippen MR) is 84.1 cm³/mol. The molecule has 1 aromatic heterocycles. The number of fused-ring (bicyclic) bond motifs is 1. The van der Waals surface area contributed by atoms with E-state index in [1.807, 2.05) is 25.2 Å². The first-order chi connectivity index (χ1) is 9.38. The summed E-state index contributed by atoms with van der Waals surface area (Å²) < 4.78 is 0. The topological polar surface area (TPSA) is 49.8 Å². The highest BCUT2D eigenvalue weighted by molar-refractivity contribution is 5.90. The Labute approximate surface area is 120 Å². The van der Waals surface area contributed by atoms with E-state index in [4.69, 9.17) is 0 Å². The molecule has 1 saturated carbocycles. The SMILES string of the molecule is CNc1nc(NC2C(C)(C)C2(C)C)c2ccccc2n1. The Balaban J connectivity index is 2.03. The zero-order chi connectivity index (χ0) is 14.5. The molecule has 20 heavy (non-hydrogen) atoms. The fourth-order valence-electron chi connectivity index (χ4n) is 2.99. The van der Waals surface area contributed by atoms with Crippen LogP contribution in [0, 0.1) is 10.8 Å². The van der Waals surface area contributed by atoms with Crippen molar-refractivity contribution in [1.82, 2.24) is 9.97 Å². The Morgan fingerprint density at radius 1 is 1.00 bits per heavy atom. The Kier molecular flexibility index (Phi) is 2.68. The van der Waals surface area contributed by atoms with Crippen molar-refractivity contribution in [2.45, 2.75) is 33.7 Å². The van der Waals surface area contributed by atoms with Crippen LogP contribution in [-0.2, 0) is 0 Å². The Bertz CT molecular complexity index is 647. The van der Waals surface area contributed by atoms with Gasteiger partial charge >= 0.3 is 0 Å². The molecule has 1 aromatic carbocycles. The Morgan fingerprint density at radius 2 is 1.65 bits per heavy atom. The van der Waals surface area contributed by atoms with Crippen molar-refractivity contribution >= 4 is 22.7 Å². The average molecular weight is 270 g/mol. The third-order valence-electron chi connectivity index (χ3n) is 5.13. The minimum Gasteiger partial charge on any atom is -0.366 e. The monoisotopic (exact) mass is 270 g/mol. The van der Waals surface area contributed by atoms with E-state index in [9.17, 15) is 0 Å². The number of hydrogen-bond acceptors (Lipinski definition) is 4. The summed E-state index contributed by atoms with van der Waals surface area (Å²) in [5.74, 6) is 1.58. The van der Waals surface area contributed by atoms with Gasteiger partial charge in [-0.15, -0.1) is 0 Å². The largest absolute Gasteiger partial charge is 0.366 e. The number of para-hydroxylation sites is 1. The number of anilines is 2. The zero-order valence-corrected chi connectivity index (χ0v) is 12.8. The smallest absolute Gasteiger partial charge is 0.224 e. The van der Waals surface area contributed by atoms with Gasteiger partial charge in [0.2, 0.25) is 5.95 Å². The summed E-state index contributed by atoms with van der Waals surface area (Å²) in [6.45, 7) is 9.19. The lowest BCUT2D eigenvalue weighted by Crippen LogP contribution is -2.13. The van der Waals surface area contributed by atoms with Crippen LogP contribution in [0.3, 0.4) is 0 Å². The van der Waals surface area contributed by atoms with Gasteiger partial charge < -0.3 is 10.6 Å². The van der Waals surface area contributed by atoms with Crippen LogP contribution in [0.2, 0.25) is 0 Å². The average Bonchev–Trinajstić information content (AvgIpc) is 2.80. The van der Waals surface area contributed by atoms with Crippen molar-refractivity contribution in [2.75, 3.05) is 17.7 Å². The van der Waals surface area contributed by atoms with Crippen molar-refractivity contribution in [3.63, 3.8) is 0 Å². The lowest BCUT2D eigenvalue weighted by atomic mass is 10.0. The third-order valence-corrected chi connectivity index (χ3v) is 5.13. The quantitative estimate of drug-likeness (QED) is 0.896. The summed E-state index contributed by atoms with van der Waals surface area (Å²) in [4.78, 5) is 9.09. The first-order valence-corrected chi connectivity index (χ1v) is 7.09. The van der Waals surface area contributed by atoms with Crippen LogP contribution in [-0.4, -0.2) is 23.1 Å². The maximum absolute atomic E-state index is 4.60. The van der Waals surface area contributed by atoms with E-state index in [0.29, 0.717) is 12.0 Å². The summed E-state index contributed by atoms with van der Waals surface area (Å²) in [6.07, 6.45) is 0. The first kappa shape index (κ1) is 13.2. The summed E-state index contributed by atoms with van der Waals surface area (Å²) in [6, 6.07) is 8.55. The molecule has 0 saturated heterocycles. The van der Waals surface area contributed by atoms with Gasteiger partial charge in [0.25, 0.3) is 0 Å². The van der Waals surface area contributed by atoms with Gasteiger partial charge in [-0.05, 0) is 23.0 Å². The second kappa shape index (κ2) is 4.08. The van der Waals surface area contributed by atoms with Crippen LogP contribution in [0.15, 0.2) is 24.3 Å². The minimum atomic E-state index is 0.277. The number of nitrogens with zero attached hydrogens (tertiary/aromatic N) is 2. The molecule has 0 atom stereocenters. The van der Waals surface area contributed by atoms with E-state index in [2.05, 4.69) is 54.4 Å². The van der Waals surface area contributed by atoms with Crippen molar-refractivity contribution in [1.29, 1.82) is 0 Å². The molecule has 0 amide bonds. The molecule has 0 bridgehead atoms. The van der Waals surface area contributed by atoms with Crippen LogP contribution in [0.1, 0.15) is 27.7 Å². The van der Waals surface area contributed by atoms with E-state index < -0.39 is 0 Å². The fourth-order valence-corrected chi connectivity index (χ4v) is 2.99. The molecule has 4 nitrogen and oxygen atoms in total. The molecule has 1 fully saturated rings. The number of aromatic nitrogens is 2. The molecule has 0 aliphatic heterocycles. The molecule has 1 aliphatic carbocycles. The second-order valence-corrected chi connectivity index (χ2v) is 6.68. The molecular weight excluding hydrogens is 248 g/mol. The van der Waals surface area contributed by atoms with Gasteiger partial charge in [0.1, 0.15) is 5.82 Å². The summed E-state index contributed by atoms with van der Waals surface area (Å²) >= 11 is 0. The zero-order valence-electron chi connectivity index (χ0n) is 12.8. The third kappa shape index (κ3) is 1.74. The molecule has 0 spiro atoms. The van der Waals surface area contributed by atoms with Gasteiger partial charge in [0, 0.05) is 18.5 Å². The maximum Gasteiger partial charge on any atom is 0.224 e. The lowest BCUT2D eigenvalue weighted by Gasteiger charge is -2.12. The van der Waals surface area contributed by atoms with Gasteiger partial charge in [-0.1, -0.05) is 39.8 Å². The van der Waals surface area contributed by atoms with E-state index in [1.165, 1.54) is 0 Å². The van der Waals surface area contributed by atoms with E-state index in [1.54, 1.807) is 0 Å². The van der Waals surface area contributed by atoms with Crippen LogP contribution in [0.5, 0.6) is 0 Å². The second-order valence-electron chi connectivity index (χ2n) is 6.68. The highest BCUT2D eigenvalue weighted by Crippen LogP contribution is 2.63. The highest BCUT2D eigenvalue weighted by atomic mass is 15.2. The molecule has 1 heterocycles. The van der Waals surface area contributed by atoms with Gasteiger partial charge in [0.15, 0.2) is 0 Å². The summed E-state index contributed by atoms with van der Waals surface area (Å²) in [5, 5.41) is 7.73. The van der Waals surface area contributed by atoms with Gasteiger partial charge in [-0.2, -0.15) is 4.98 Å². The molecule has 3 rings (SSSR count). The van der Waals surface area contributed by atoms with Crippen molar-refractivity contribution < 1.29 is 0 Å². The standard InChI is InChI=1S/C16H22N4/c1-15(2)13(16(15,3)4)19-12-10-8-6-7-9-11(10)18-14(17-5)20-12/h6-9,13H,1-5H3,(H2,17,18,19,20). The van der Waals surface area contributed by atoms with Crippen molar-refractivity contribution in [3.05, 3.63) is 24.3 Å². The van der Waals surface area contributed by atoms with Gasteiger partial charge in [-0.25, -0.2) is 4.98 Å². The number of benzene rings is 1. The van der Waals surface area contributed by atoms with E-state index in [0.717, 1.165) is 16.7 Å². The Morgan fingerprint density at radius 3 is 2.25 bits per heavy atom. The van der Waals surface area contributed by atoms with Crippen molar-refractivity contribution in [2.24, 2.45) is 10.8 Å². The molecule has 2 aromatic rings. The van der Waals surface area contributed by atoms with Crippen LogP contribution in [0.25, 0.3) is 10.9 Å². The van der Waals surface area contributed by atoms with E-state index >= 15 is 0 Å². The molecular formula is C16H22N4.